The average Bonchev–Trinajstić information content (AvgIpc) is 2.45. The Hall–Kier alpha value is -0.730. The van der Waals surface area contributed by atoms with Gasteiger partial charge in [0.25, 0.3) is 0 Å². The standard InChI is InChI=1S/C14H30N2O5/c1-4-16-14(2,13(15)17)5-6-19-9-10-21-12-11-20-8-7-18-3/h16H,4-12H2,1-3H3,(H2,15,17). The van der Waals surface area contributed by atoms with Crippen LogP contribution in [0.4, 0.5) is 0 Å². The molecule has 1 amide bonds. The van der Waals surface area contributed by atoms with Gasteiger partial charge in [-0.15, -0.1) is 0 Å². The van der Waals surface area contributed by atoms with Crippen LogP contribution in [0, 0.1) is 0 Å². The van der Waals surface area contributed by atoms with Crippen LogP contribution in [-0.4, -0.2) is 71.3 Å². The van der Waals surface area contributed by atoms with Crippen LogP contribution in [0.25, 0.3) is 0 Å². The highest BCUT2D eigenvalue weighted by Crippen LogP contribution is 2.08. The third kappa shape index (κ3) is 10.6. The highest BCUT2D eigenvalue weighted by atomic mass is 16.6. The minimum atomic E-state index is -0.717. The number of likely N-dealkylation sites (N-methyl/N-ethyl adjacent to an activating group) is 1. The molecule has 0 radical (unpaired) electrons. The predicted molar refractivity (Wildman–Crippen MR) is 80.2 cm³/mol. The molecule has 0 saturated heterocycles. The van der Waals surface area contributed by atoms with Crippen LogP contribution in [0.2, 0.25) is 0 Å². The quantitative estimate of drug-likeness (QED) is 0.411. The summed E-state index contributed by atoms with van der Waals surface area (Å²) in [6, 6.07) is 0. The van der Waals surface area contributed by atoms with E-state index < -0.39 is 5.54 Å². The molecule has 1 unspecified atom stereocenters. The van der Waals surface area contributed by atoms with Gasteiger partial charge in [0, 0.05) is 13.7 Å². The first kappa shape index (κ1) is 20.3. The van der Waals surface area contributed by atoms with Crippen LogP contribution in [0.15, 0.2) is 0 Å². The Bertz CT molecular complexity index is 266. The van der Waals surface area contributed by atoms with Crippen LogP contribution < -0.4 is 11.1 Å². The number of carbonyl (C=O) groups excluding carboxylic acids is 1. The summed E-state index contributed by atoms with van der Waals surface area (Å²) in [4.78, 5) is 11.4. The normalized spacial score (nSPS) is 14.0. The minimum Gasteiger partial charge on any atom is -0.382 e. The van der Waals surface area contributed by atoms with Crippen LogP contribution in [-0.2, 0) is 23.7 Å². The summed E-state index contributed by atoms with van der Waals surface area (Å²) in [5, 5.41) is 3.08. The van der Waals surface area contributed by atoms with E-state index in [0.29, 0.717) is 59.2 Å². The molecular formula is C14H30N2O5. The van der Waals surface area contributed by atoms with Crippen LogP contribution in [0.1, 0.15) is 20.3 Å². The van der Waals surface area contributed by atoms with Crippen LogP contribution in [0.3, 0.4) is 0 Å². The second-order valence-electron chi connectivity index (χ2n) is 4.81. The number of amides is 1. The van der Waals surface area contributed by atoms with E-state index in [2.05, 4.69) is 5.32 Å². The van der Waals surface area contributed by atoms with E-state index in [-0.39, 0.29) is 5.91 Å². The maximum Gasteiger partial charge on any atom is 0.237 e. The SMILES string of the molecule is CCNC(C)(CCOCCOCCOCCOC)C(N)=O. The van der Waals surface area contributed by atoms with Gasteiger partial charge in [-0.1, -0.05) is 6.92 Å². The van der Waals surface area contributed by atoms with Gasteiger partial charge >= 0.3 is 0 Å². The third-order valence-corrected chi connectivity index (χ3v) is 3.03. The van der Waals surface area contributed by atoms with Gasteiger partial charge in [0.05, 0.1) is 45.2 Å². The molecule has 1 atom stereocenters. The van der Waals surface area contributed by atoms with Gasteiger partial charge in [-0.3, -0.25) is 4.79 Å². The van der Waals surface area contributed by atoms with Gasteiger partial charge in [-0.2, -0.15) is 0 Å². The molecule has 0 aliphatic heterocycles. The molecule has 0 aromatic heterocycles. The summed E-state index contributed by atoms with van der Waals surface area (Å²) >= 11 is 0. The number of nitrogens with two attached hydrogens (primary N) is 1. The molecule has 7 nitrogen and oxygen atoms in total. The van der Waals surface area contributed by atoms with Crippen molar-refractivity contribution < 1.29 is 23.7 Å². The molecule has 0 rings (SSSR count). The van der Waals surface area contributed by atoms with Crippen molar-refractivity contribution in [2.24, 2.45) is 5.73 Å². The van der Waals surface area contributed by atoms with Gasteiger partial charge in [0.15, 0.2) is 0 Å². The van der Waals surface area contributed by atoms with Gasteiger partial charge < -0.3 is 30.0 Å². The zero-order valence-electron chi connectivity index (χ0n) is 13.5. The van der Waals surface area contributed by atoms with Crippen molar-refractivity contribution in [2.75, 3.05) is 59.9 Å². The fraction of sp³-hybridized carbons (Fsp3) is 0.929. The summed E-state index contributed by atoms with van der Waals surface area (Å²) in [5.41, 5.74) is 4.67. The zero-order chi connectivity index (χ0) is 16.0. The Labute approximate surface area is 127 Å². The molecule has 0 heterocycles. The molecule has 0 aliphatic carbocycles. The van der Waals surface area contributed by atoms with E-state index in [1.54, 1.807) is 14.0 Å². The first-order valence-electron chi connectivity index (χ1n) is 7.34. The number of hydrogen-bond donors (Lipinski definition) is 2. The number of nitrogens with one attached hydrogen (secondary N) is 1. The van der Waals surface area contributed by atoms with E-state index in [9.17, 15) is 4.79 Å². The fourth-order valence-electron chi connectivity index (χ4n) is 1.65. The third-order valence-electron chi connectivity index (χ3n) is 3.03. The van der Waals surface area contributed by atoms with E-state index in [1.807, 2.05) is 6.92 Å². The topological polar surface area (TPSA) is 92.0 Å². The number of methoxy groups -OCH3 is 1. The van der Waals surface area contributed by atoms with E-state index in [4.69, 9.17) is 24.7 Å². The Morgan fingerprint density at radius 3 is 1.90 bits per heavy atom. The van der Waals surface area contributed by atoms with E-state index in [0.717, 1.165) is 0 Å². The van der Waals surface area contributed by atoms with Crippen LogP contribution >= 0.6 is 0 Å². The van der Waals surface area contributed by atoms with Crippen molar-refractivity contribution in [1.29, 1.82) is 0 Å². The molecule has 0 fully saturated rings. The van der Waals surface area contributed by atoms with Crippen molar-refractivity contribution in [3.05, 3.63) is 0 Å². The Kier molecular flexibility index (Phi) is 12.5. The number of ether oxygens (including phenoxy) is 4. The molecule has 0 spiro atoms. The van der Waals surface area contributed by atoms with Crippen LogP contribution in [0.5, 0.6) is 0 Å². The molecule has 3 N–H and O–H groups in total. The number of primary amides is 1. The number of rotatable bonds is 15. The van der Waals surface area contributed by atoms with Crippen molar-refractivity contribution >= 4 is 5.91 Å². The largest absolute Gasteiger partial charge is 0.382 e. The van der Waals surface area contributed by atoms with Gasteiger partial charge in [0.2, 0.25) is 5.91 Å². The summed E-state index contributed by atoms with van der Waals surface area (Å²) in [6.45, 7) is 8.10. The summed E-state index contributed by atoms with van der Waals surface area (Å²) in [6.07, 6.45) is 0.538. The first-order valence-corrected chi connectivity index (χ1v) is 7.34. The molecule has 0 aromatic carbocycles. The first-order chi connectivity index (χ1) is 10.1. The Morgan fingerprint density at radius 2 is 1.48 bits per heavy atom. The van der Waals surface area contributed by atoms with Gasteiger partial charge in [0.1, 0.15) is 0 Å². The fourth-order valence-corrected chi connectivity index (χ4v) is 1.65. The molecule has 0 saturated carbocycles. The van der Waals surface area contributed by atoms with Crippen molar-refractivity contribution in [3.63, 3.8) is 0 Å². The average molecular weight is 306 g/mol. The molecule has 0 aromatic rings. The molecule has 7 heteroatoms. The highest BCUT2D eigenvalue weighted by Gasteiger charge is 2.29. The minimum absolute atomic E-state index is 0.364. The lowest BCUT2D eigenvalue weighted by Crippen LogP contribution is -2.53. The molecule has 0 bridgehead atoms. The van der Waals surface area contributed by atoms with Crippen molar-refractivity contribution in [2.45, 2.75) is 25.8 Å². The van der Waals surface area contributed by atoms with Crippen molar-refractivity contribution in [3.8, 4) is 0 Å². The molecule has 0 aliphatic rings. The molecule has 126 valence electrons. The lowest BCUT2D eigenvalue weighted by Gasteiger charge is -2.26. The second kappa shape index (κ2) is 13.0. The Balaban J connectivity index is 3.44. The maximum absolute atomic E-state index is 11.4. The monoisotopic (exact) mass is 306 g/mol. The van der Waals surface area contributed by atoms with E-state index in [1.165, 1.54) is 0 Å². The lowest BCUT2D eigenvalue weighted by atomic mass is 9.97. The maximum atomic E-state index is 11.4. The predicted octanol–water partition coefficient (Wildman–Crippen LogP) is -0.0738. The smallest absolute Gasteiger partial charge is 0.237 e. The summed E-state index contributed by atoms with van der Waals surface area (Å²) in [7, 11) is 1.64. The Morgan fingerprint density at radius 1 is 1.00 bits per heavy atom. The number of carbonyl (C=O) groups is 1. The van der Waals surface area contributed by atoms with Gasteiger partial charge in [-0.25, -0.2) is 0 Å². The molecule has 21 heavy (non-hydrogen) atoms. The van der Waals surface area contributed by atoms with Crippen molar-refractivity contribution in [1.82, 2.24) is 5.32 Å². The lowest BCUT2D eigenvalue weighted by molar-refractivity contribution is -0.124. The van der Waals surface area contributed by atoms with E-state index >= 15 is 0 Å². The summed E-state index contributed by atoms with van der Waals surface area (Å²) < 4.78 is 20.9. The highest BCUT2D eigenvalue weighted by molar-refractivity contribution is 5.84. The zero-order valence-corrected chi connectivity index (χ0v) is 13.5. The van der Waals surface area contributed by atoms with Gasteiger partial charge in [-0.05, 0) is 19.9 Å². The second-order valence-corrected chi connectivity index (χ2v) is 4.81. The molecular weight excluding hydrogens is 276 g/mol. The number of hydrogen-bond acceptors (Lipinski definition) is 6. The summed E-state index contributed by atoms with van der Waals surface area (Å²) in [5.74, 6) is -0.364.